The topological polar surface area (TPSA) is 462 Å². The van der Waals surface area contributed by atoms with Crippen molar-refractivity contribution in [3.63, 3.8) is 0 Å². The highest BCUT2D eigenvalue weighted by atomic mass is 32.1. The molecule has 4 fully saturated rings. The molecule has 19 unspecified atom stereocenters. The molecule has 19 atom stereocenters. The molecular weight excluding hydrogens is 1020 g/mol. The number of aliphatic hydroxyl groups excluding tert-OH is 6. The number of amides is 1. The van der Waals surface area contributed by atoms with Gasteiger partial charge in [-0.1, -0.05) is 37.3 Å². The summed E-state index contributed by atoms with van der Waals surface area (Å²) in [5.41, 5.74) is 44.0. The van der Waals surface area contributed by atoms with Crippen molar-refractivity contribution < 1.29 is 68.6 Å². The summed E-state index contributed by atoms with van der Waals surface area (Å²) in [6.45, 7) is 0.548. The van der Waals surface area contributed by atoms with Crippen LogP contribution in [0.3, 0.4) is 0 Å². The fourth-order valence-electron chi connectivity index (χ4n) is 9.59. The fraction of sp³-hybridized carbons (Fsp3) is 0.783. The third kappa shape index (κ3) is 15.1. The summed E-state index contributed by atoms with van der Waals surface area (Å²) in [5.74, 6) is -0.193. The summed E-state index contributed by atoms with van der Waals surface area (Å²) in [4.78, 5) is 35.0. The molecule has 0 aromatic carbocycles. The van der Waals surface area contributed by atoms with Crippen LogP contribution in [0.15, 0.2) is 17.0 Å². The molecule has 3 aromatic heterocycles. The molecule has 1 amide bonds. The number of ketones is 1. The number of ether oxygens (including phenoxy) is 6. The number of aryl methyl sites for hydroxylation is 1. The highest BCUT2D eigenvalue weighted by Crippen LogP contribution is 2.35. The summed E-state index contributed by atoms with van der Waals surface area (Å²) in [7, 11) is 0. The average molecular weight is 1100 g/mol. The standard InChI is InChI=1S/C46H77N13O14S2/c47-12-7-5-3-1-2-4-6-8-26(60)24-19-75-43(56-24)25-20-74-31(55-25)11-13-54-30(61)10-9-21-17-59(58-57-21)18-29-41(72-45-33(53)38(66)36(64)28(16-49)69-45)39(67)46(70-29)73-42-34(62)22(50)14-23(51)40(42)71-44-32(52)37(65)35(63)27(15-48)68-44/h17,19-20,22-23,27-29,32-42,44-46,62-67H,1-16,18,47-53H2,(H,54,61). The number of hydrogen-bond donors (Lipinski definition) is 14. The van der Waals surface area contributed by atoms with Gasteiger partial charge in [0.25, 0.3) is 0 Å². The second-order valence-electron chi connectivity index (χ2n) is 19.7. The summed E-state index contributed by atoms with van der Waals surface area (Å²) < 4.78 is 38.0. The second kappa shape index (κ2) is 28.1. The van der Waals surface area contributed by atoms with E-state index in [1.165, 1.54) is 33.8 Å². The molecule has 422 valence electrons. The summed E-state index contributed by atoms with van der Waals surface area (Å²) in [6, 6.07) is -4.41. The maximum Gasteiger partial charge on any atom is 0.220 e. The lowest BCUT2D eigenvalue weighted by atomic mass is 9.84. The Hall–Kier alpha value is -3.22. The normalized spacial score (nSPS) is 35.2. The molecule has 29 heteroatoms. The predicted octanol–water partition coefficient (Wildman–Crippen LogP) is -4.46. The van der Waals surface area contributed by atoms with Crippen LogP contribution in [0.4, 0.5) is 0 Å². The van der Waals surface area contributed by atoms with Gasteiger partial charge in [-0.3, -0.25) is 9.59 Å². The third-order valence-corrected chi connectivity index (χ3v) is 15.9. The van der Waals surface area contributed by atoms with Crippen LogP contribution in [0.5, 0.6) is 0 Å². The number of carbonyl (C=O) groups excluding carboxylic acids is 2. The van der Waals surface area contributed by atoms with E-state index in [2.05, 4.69) is 25.6 Å². The number of unbranched alkanes of at least 4 members (excludes halogenated alkanes) is 6. The Morgan fingerprint density at radius 1 is 0.667 bits per heavy atom. The van der Waals surface area contributed by atoms with E-state index < -0.39 is 116 Å². The van der Waals surface area contributed by atoms with Crippen molar-refractivity contribution in [1.82, 2.24) is 30.3 Å². The molecule has 0 spiro atoms. The summed E-state index contributed by atoms with van der Waals surface area (Å²) in [6.07, 6.45) is -10.2. The molecule has 3 aromatic rings. The number of rotatable bonds is 27. The van der Waals surface area contributed by atoms with Crippen molar-refractivity contribution in [2.45, 2.75) is 200 Å². The van der Waals surface area contributed by atoms with E-state index in [0.717, 1.165) is 50.1 Å². The van der Waals surface area contributed by atoms with Crippen LogP contribution in [-0.4, -0.2) is 210 Å². The zero-order valence-corrected chi connectivity index (χ0v) is 43.4. The largest absolute Gasteiger partial charge is 0.389 e. The van der Waals surface area contributed by atoms with Gasteiger partial charge >= 0.3 is 0 Å². The fourth-order valence-corrected chi connectivity index (χ4v) is 11.2. The van der Waals surface area contributed by atoms with Gasteiger partial charge in [0.1, 0.15) is 83.5 Å². The Kier molecular flexibility index (Phi) is 22.3. The molecule has 21 N–H and O–H groups in total. The first-order valence-electron chi connectivity index (χ1n) is 25.7. The Bertz CT molecular complexity index is 2230. The number of aliphatic hydroxyl groups is 6. The quantitative estimate of drug-likeness (QED) is 0.0253. The van der Waals surface area contributed by atoms with Crippen LogP contribution < -0.4 is 45.5 Å². The molecule has 3 aliphatic heterocycles. The maximum atomic E-state index is 13.0. The number of aromatic nitrogens is 5. The number of nitrogens with one attached hydrogen (secondary N) is 1. The Morgan fingerprint density at radius 2 is 1.28 bits per heavy atom. The van der Waals surface area contributed by atoms with E-state index in [1.54, 1.807) is 11.6 Å². The average Bonchev–Trinajstić information content (AvgIpc) is 4.23. The van der Waals surface area contributed by atoms with E-state index in [1.807, 2.05) is 5.38 Å². The van der Waals surface area contributed by atoms with E-state index in [0.29, 0.717) is 41.5 Å². The Labute approximate surface area is 442 Å². The van der Waals surface area contributed by atoms with Gasteiger partial charge in [0.2, 0.25) is 5.91 Å². The highest BCUT2D eigenvalue weighted by Gasteiger charge is 2.54. The molecule has 6 heterocycles. The molecule has 0 bridgehead atoms. The molecule has 7 rings (SSSR count). The number of hydrogen-bond acceptors (Lipinski definition) is 27. The van der Waals surface area contributed by atoms with Crippen molar-refractivity contribution in [3.05, 3.63) is 33.4 Å². The Balaban J connectivity index is 0.933. The van der Waals surface area contributed by atoms with Crippen molar-refractivity contribution in [3.8, 4) is 10.7 Å². The van der Waals surface area contributed by atoms with Gasteiger partial charge in [-0.05, 0) is 25.8 Å². The van der Waals surface area contributed by atoms with Gasteiger partial charge in [0, 0.05) is 74.4 Å². The van der Waals surface area contributed by atoms with E-state index in [-0.39, 0.29) is 50.6 Å². The van der Waals surface area contributed by atoms with Crippen molar-refractivity contribution in [2.24, 2.45) is 40.1 Å². The molecule has 3 saturated heterocycles. The first-order valence-corrected chi connectivity index (χ1v) is 27.5. The minimum atomic E-state index is -1.66. The minimum absolute atomic E-state index is 0.0340. The van der Waals surface area contributed by atoms with Gasteiger partial charge in [-0.15, -0.1) is 27.8 Å². The summed E-state index contributed by atoms with van der Waals surface area (Å²) >= 11 is 2.83. The molecule has 75 heavy (non-hydrogen) atoms. The molecule has 1 saturated carbocycles. The van der Waals surface area contributed by atoms with Crippen LogP contribution in [0.25, 0.3) is 10.7 Å². The smallest absolute Gasteiger partial charge is 0.220 e. The van der Waals surface area contributed by atoms with Crippen molar-refractivity contribution in [2.75, 3.05) is 26.2 Å². The number of nitrogens with zero attached hydrogens (tertiary/aromatic N) is 5. The van der Waals surface area contributed by atoms with Crippen LogP contribution in [0.1, 0.15) is 85.4 Å². The zero-order valence-electron chi connectivity index (χ0n) is 41.8. The Morgan fingerprint density at radius 3 is 1.93 bits per heavy atom. The first kappa shape index (κ1) is 59.4. The number of Topliss-reactive ketones (excluding diaryl/α,β-unsaturated/α-hetero) is 1. The monoisotopic (exact) mass is 1100 g/mol. The van der Waals surface area contributed by atoms with Crippen LogP contribution in [0, 0.1) is 0 Å². The van der Waals surface area contributed by atoms with Crippen LogP contribution in [0.2, 0.25) is 0 Å². The van der Waals surface area contributed by atoms with E-state index in [9.17, 15) is 40.2 Å². The summed E-state index contributed by atoms with van der Waals surface area (Å²) in [5, 5.41) is 82.1. The maximum absolute atomic E-state index is 13.0. The van der Waals surface area contributed by atoms with Crippen LogP contribution in [-0.2, 0) is 52.6 Å². The highest BCUT2D eigenvalue weighted by molar-refractivity contribution is 7.14. The third-order valence-electron chi connectivity index (χ3n) is 14.1. The minimum Gasteiger partial charge on any atom is -0.389 e. The molecule has 27 nitrogen and oxygen atoms in total. The number of nitrogens with two attached hydrogens (primary N) is 7. The van der Waals surface area contributed by atoms with Crippen LogP contribution >= 0.6 is 22.7 Å². The lowest BCUT2D eigenvalue weighted by Gasteiger charge is -2.47. The second-order valence-corrected chi connectivity index (χ2v) is 21.5. The van der Waals surface area contributed by atoms with Gasteiger partial charge in [0.15, 0.2) is 24.7 Å². The molecule has 0 radical (unpaired) electrons. The number of carbonyl (C=O) groups is 2. The predicted molar refractivity (Wildman–Crippen MR) is 270 cm³/mol. The SMILES string of the molecule is NCCCCCCCCCC(=O)c1csc(-c2csc(CCNC(=O)CCc3cn(CC4OC(OC5C(O)C(N)CC(N)C5OC5OC(CN)C(O)C(O)C5N)C(O)C4OC4OC(CN)C(O)C(O)C4N)nn3)n2)n1. The lowest BCUT2D eigenvalue weighted by Crippen LogP contribution is -2.68. The van der Waals surface area contributed by atoms with Gasteiger partial charge < -0.3 is 105 Å². The molecular formula is C46H77N13O14S2. The van der Waals surface area contributed by atoms with Crippen molar-refractivity contribution >= 4 is 34.4 Å². The molecule has 4 aliphatic rings. The van der Waals surface area contributed by atoms with E-state index >= 15 is 0 Å². The van der Waals surface area contributed by atoms with Gasteiger partial charge in [-0.2, -0.15) is 0 Å². The van der Waals surface area contributed by atoms with Gasteiger partial charge in [0.05, 0.1) is 35.4 Å². The lowest BCUT2D eigenvalue weighted by molar-refractivity contribution is -0.306. The van der Waals surface area contributed by atoms with E-state index in [4.69, 9.17) is 68.6 Å². The van der Waals surface area contributed by atoms with Crippen molar-refractivity contribution in [1.29, 1.82) is 0 Å². The first-order chi connectivity index (χ1) is 36.0. The number of thiazole rings is 2. The van der Waals surface area contributed by atoms with Gasteiger partial charge in [-0.25, -0.2) is 14.6 Å². The molecule has 1 aliphatic carbocycles. The zero-order chi connectivity index (χ0) is 53.9.